The van der Waals surface area contributed by atoms with Crippen LogP contribution in [-0.2, 0) is 24.4 Å². The van der Waals surface area contributed by atoms with Gasteiger partial charge in [-0.1, -0.05) is 11.6 Å². The molecule has 0 aliphatic heterocycles. The van der Waals surface area contributed by atoms with Gasteiger partial charge in [-0.05, 0) is 12.8 Å². The summed E-state index contributed by atoms with van der Waals surface area (Å²) >= 11 is 0. The average Bonchev–Trinajstić information content (AvgIpc) is 2.09. The van der Waals surface area contributed by atoms with Gasteiger partial charge in [0.25, 0.3) is 0 Å². The summed E-state index contributed by atoms with van der Waals surface area (Å²) in [6.07, 6.45) is -2.35. The van der Waals surface area contributed by atoms with Gasteiger partial charge in [-0.25, -0.2) is 6.29 Å². The molecule has 0 aromatic heterocycles. The maximum absolute atomic E-state index is 10.8. The van der Waals surface area contributed by atoms with Gasteiger partial charge >= 0.3 is 118 Å². The molecular formula is C7H10Na4O9P+. The van der Waals surface area contributed by atoms with Crippen molar-refractivity contribution in [2.45, 2.75) is 24.4 Å². The molecule has 0 aliphatic rings. The standard InChI is InChI=1S/C7H10O8P.4Na.H2O/c8-4-7(3-6(11)12,16(13,14)15)2-1-5(9)10;;;;;/h1-3H2,(H,9,10)(H,11,12)(H2,13,14,15);;;;;1H2/q-1;4*+1;/p-2. The number of carboxylic acid groups (broad SMARTS) is 2. The third kappa shape index (κ3) is 14.7. The molecule has 9 nitrogen and oxygen atoms in total. The van der Waals surface area contributed by atoms with E-state index in [0.717, 1.165) is 6.29 Å². The molecule has 0 amide bonds. The first-order chi connectivity index (χ1) is 7.14. The van der Waals surface area contributed by atoms with Gasteiger partial charge in [-0.2, -0.15) is 0 Å². The predicted octanol–water partition coefficient (Wildman–Crippen LogP) is -16.9. The smallest absolute Gasteiger partial charge is 0.780 e. The number of rotatable bonds is 7. The van der Waals surface area contributed by atoms with Crippen molar-refractivity contribution in [2.75, 3.05) is 0 Å². The number of carbonyl (C=O) groups excluding carboxylic acids is 3. The van der Waals surface area contributed by atoms with Crippen molar-refractivity contribution in [1.29, 1.82) is 0 Å². The second-order valence-electron chi connectivity index (χ2n) is 3.07. The number of carboxylic acids is 2. The zero-order valence-corrected chi connectivity index (χ0v) is 21.3. The molecule has 0 heterocycles. The maximum Gasteiger partial charge on any atom is 1.00 e. The molecular weight excluding hydrogens is 351 g/mol. The first-order valence-electron chi connectivity index (χ1n) is 3.97. The van der Waals surface area contributed by atoms with Crippen molar-refractivity contribution in [1.82, 2.24) is 0 Å². The van der Waals surface area contributed by atoms with Crippen molar-refractivity contribution in [3.63, 3.8) is 0 Å². The van der Waals surface area contributed by atoms with E-state index in [2.05, 4.69) is 0 Å². The molecule has 100 valence electrons. The summed E-state index contributed by atoms with van der Waals surface area (Å²) in [7, 11) is -5.40. The van der Waals surface area contributed by atoms with Crippen LogP contribution in [0, 0.1) is 0 Å². The van der Waals surface area contributed by atoms with E-state index >= 15 is 0 Å². The molecule has 0 radical (unpaired) electrons. The van der Waals surface area contributed by atoms with Crippen LogP contribution < -0.4 is 133 Å². The number of aliphatic carboxylic acids is 2. The van der Waals surface area contributed by atoms with Gasteiger partial charge in [0.15, 0.2) is 0 Å². The Morgan fingerprint density at radius 2 is 1.48 bits per heavy atom. The summed E-state index contributed by atoms with van der Waals surface area (Å²) in [6, 6.07) is 0. The van der Waals surface area contributed by atoms with Gasteiger partial charge < -0.3 is 44.4 Å². The molecule has 21 heavy (non-hydrogen) atoms. The minimum Gasteiger partial charge on any atom is -0.780 e. The zero-order valence-electron chi connectivity index (χ0n) is 12.5. The minimum atomic E-state index is -5.40. The van der Waals surface area contributed by atoms with Crippen LogP contribution in [-0.4, -0.2) is 28.3 Å². The molecule has 14 heteroatoms. The Bertz CT molecular complexity index is 360. The SMILES string of the molecule is O=[C-]C(CCC(=O)[O-])(CC(=O)[O-])P(=O)([O-])O.[Na+].[Na+].[Na+].[Na+].[OH3+]. The van der Waals surface area contributed by atoms with Crippen LogP contribution in [0.15, 0.2) is 0 Å². The van der Waals surface area contributed by atoms with E-state index in [1.165, 1.54) is 0 Å². The summed E-state index contributed by atoms with van der Waals surface area (Å²) in [5, 5.41) is 17.5. The Balaban J connectivity index is -0.000000112. The molecule has 0 saturated heterocycles. The predicted molar refractivity (Wildman–Crippen MR) is 47.0 cm³/mol. The van der Waals surface area contributed by atoms with Crippen molar-refractivity contribution < 1.29 is 163 Å². The second kappa shape index (κ2) is 17.5. The molecule has 2 atom stereocenters. The van der Waals surface area contributed by atoms with Crippen LogP contribution in [0.5, 0.6) is 0 Å². The molecule has 2 unspecified atom stereocenters. The maximum atomic E-state index is 10.8. The monoisotopic (exact) mass is 361 g/mol. The van der Waals surface area contributed by atoms with Crippen LogP contribution in [0.3, 0.4) is 0 Å². The Morgan fingerprint density at radius 1 is 1.10 bits per heavy atom. The van der Waals surface area contributed by atoms with Gasteiger partial charge in [-0.15, -0.1) is 0 Å². The van der Waals surface area contributed by atoms with Crippen molar-refractivity contribution in [3.8, 4) is 0 Å². The number of hydrogen-bond acceptors (Lipinski definition) is 7. The minimum absolute atomic E-state index is 0. The molecule has 0 spiro atoms. The van der Waals surface area contributed by atoms with E-state index in [1.807, 2.05) is 0 Å². The first-order valence-corrected chi connectivity index (χ1v) is 5.55. The fraction of sp³-hybridized carbons (Fsp3) is 0.571. The van der Waals surface area contributed by atoms with Crippen LogP contribution in [0.25, 0.3) is 0 Å². The van der Waals surface area contributed by atoms with Gasteiger partial charge in [0.2, 0.25) is 0 Å². The van der Waals surface area contributed by atoms with E-state index in [1.54, 1.807) is 0 Å². The van der Waals surface area contributed by atoms with Crippen LogP contribution in [0.1, 0.15) is 19.3 Å². The summed E-state index contributed by atoms with van der Waals surface area (Å²) < 4.78 is 10.8. The molecule has 0 aromatic carbocycles. The summed E-state index contributed by atoms with van der Waals surface area (Å²) in [6.45, 7) is 0. The Morgan fingerprint density at radius 3 is 1.67 bits per heavy atom. The van der Waals surface area contributed by atoms with Gasteiger partial charge in [0, 0.05) is 11.9 Å². The largest absolute Gasteiger partial charge is 1.00 e. The van der Waals surface area contributed by atoms with Gasteiger partial charge in [-0.3, -0.25) is 0 Å². The quantitative estimate of drug-likeness (QED) is 0.200. The average molecular weight is 361 g/mol. The fourth-order valence-corrected chi connectivity index (χ4v) is 1.86. The van der Waals surface area contributed by atoms with Crippen molar-refractivity contribution in [3.05, 3.63) is 0 Å². The van der Waals surface area contributed by atoms with Crippen LogP contribution in [0.2, 0.25) is 0 Å². The Kier molecular flexibility index (Phi) is 32.6. The summed E-state index contributed by atoms with van der Waals surface area (Å²) in [5.41, 5.74) is 0. The molecule has 0 saturated carbocycles. The second-order valence-corrected chi connectivity index (χ2v) is 4.97. The Labute approximate surface area is 209 Å². The van der Waals surface area contributed by atoms with Crippen molar-refractivity contribution >= 4 is 25.8 Å². The van der Waals surface area contributed by atoms with E-state index < -0.39 is 44.0 Å². The molecule has 0 aromatic rings. The number of hydrogen-bond donors (Lipinski definition) is 1. The van der Waals surface area contributed by atoms with E-state index in [9.17, 15) is 34.1 Å². The first kappa shape index (κ1) is 39.0. The third-order valence-electron chi connectivity index (χ3n) is 1.91. The molecule has 0 aliphatic carbocycles. The fourth-order valence-electron chi connectivity index (χ4n) is 1.02. The van der Waals surface area contributed by atoms with Crippen molar-refractivity contribution in [2.24, 2.45) is 0 Å². The van der Waals surface area contributed by atoms with Gasteiger partial charge in [0.05, 0.1) is 0 Å². The normalized spacial score (nSPS) is 13.8. The Hall–Kier alpha value is 2.72. The number of carbonyl (C=O) groups is 2. The summed E-state index contributed by atoms with van der Waals surface area (Å²) in [4.78, 5) is 50.4. The summed E-state index contributed by atoms with van der Waals surface area (Å²) in [5.74, 6) is -3.61. The van der Waals surface area contributed by atoms with Crippen LogP contribution >= 0.6 is 7.60 Å². The van der Waals surface area contributed by atoms with E-state index in [-0.39, 0.29) is 124 Å². The van der Waals surface area contributed by atoms with E-state index in [4.69, 9.17) is 4.89 Å². The van der Waals surface area contributed by atoms with Gasteiger partial charge in [0.1, 0.15) is 7.60 Å². The zero-order chi connectivity index (χ0) is 13.0. The molecule has 4 N–H and O–H groups in total. The molecule has 0 fully saturated rings. The third-order valence-corrected chi connectivity index (χ3v) is 3.47. The van der Waals surface area contributed by atoms with Crippen LogP contribution in [0.4, 0.5) is 0 Å². The van der Waals surface area contributed by atoms with E-state index in [0.29, 0.717) is 0 Å². The molecule has 0 bridgehead atoms. The molecule has 0 rings (SSSR count). The topological polar surface area (TPSA) is 191 Å².